The van der Waals surface area contributed by atoms with Crippen molar-refractivity contribution in [2.75, 3.05) is 40.8 Å². The van der Waals surface area contributed by atoms with Gasteiger partial charge in [-0.1, -0.05) is 30.3 Å². The van der Waals surface area contributed by atoms with E-state index in [4.69, 9.17) is 4.74 Å². The Morgan fingerprint density at radius 1 is 1.28 bits per heavy atom. The van der Waals surface area contributed by atoms with Crippen LogP contribution in [0.15, 0.2) is 47.5 Å². The molecule has 6 heteroatoms. The summed E-state index contributed by atoms with van der Waals surface area (Å²) >= 11 is 0. The number of morpholine rings is 1. The molecule has 1 saturated heterocycles. The summed E-state index contributed by atoms with van der Waals surface area (Å²) in [7, 11) is 5.67. The molecule has 1 aliphatic rings. The highest BCUT2D eigenvalue weighted by molar-refractivity contribution is 5.80. The van der Waals surface area contributed by atoms with Gasteiger partial charge in [-0.3, -0.25) is 4.99 Å². The monoisotopic (exact) mass is 398 g/mol. The summed E-state index contributed by atoms with van der Waals surface area (Å²) < 4.78 is 20.1. The number of ether oxygens (including phenoxy) is 1. The Kier molecular flexibility index (Phi) is 7.23. The fraction of sp³-hybridized carbons (Fsp3) is 0.435. The van der Waals surface area contributed by atoms with Crippen molar-refractivity contribution in [2.24, 2.45) is 4.99 Å². The topological polar surface area (TPSA) is 40.1 Å². The van der Waals surface area contributed by atoms with E-state index in [0.717, 1.165) is 24.6 Å². The SMILES string of the molecule is CN=C(NCc1ccc(F)c(CN(C)C)c1)N1CCOC(c2ccccc2C)C1. The average Bonchev–Trinajstić information content (AvgIpc) is 2.71. The number of aryl methyl sites for hydroxylation is 1. The molecule has 0 bridgehead atoms. The van der Waals surface area contributed by atoms with Gasteiger partial charge in [0, 0.05) is 32.2 Å². The third-order valence-electron chi connectivity index (χ3n) is 5.16. The maximum Gasteiger partial charge on any atom is 0.194 e. The summed E-state index contributed by atoms with van der Waals surface area (Å²) in [5.41, 5.74) is 4.20. The first-order valence-corrected chi connectivity index (χ1v) is 10.0. The van der Waals surface area contributed by atoms with Crippen LogP contribution < -0.4 is 5.32 Å². The zero-order valence-corrected chi connectivity index (χ0v) is 17.8. The lowest BCUT2D eigenvalue weighted by atomic mass is 10.0. The van der Waals surface area contributed by atoms with E-state index < -0.39 is 0 Å². The van der Waals surface area contributed by atoms with Crippen molar-refractivity contribution >= 4 is 5.96 Å². The normalized spacial score (nSPS) is 17.7. The lowest BCUT2D eigenvalue weighted by molar-refractivity contribution is -0.00833. The number of rotatable bonds is 5. The van der Waals surface area contributed by atoms with Crippen molar-refractivity contribution in [3.63, 3.8) is 0 Å². The van der Waals surface area contributed by atoms with Crippen molar-refractivity contribution in [1.82, 2.24) is 15.1 Å². The smallest absolute Gasteiger partial charge is 0.194 e. The molecular formula is C23H31FN4O. The number of halogens is 1. The summed E-state index contributed by atoms with van der Waals surface area (Å²) in [6.07, 6.45) is 0.0287. The highest BCUT2D eigenvalue weighted by Gasteiger charge is 2.25. The highest BCUT2D eigenvalue weighted by Crippen LogP contribution is 2.25. The molecule has 0 saturated carbocycles. The average molecular weight is 399 g/mol. The zero-order chi connectivity index (χ0) is 20.8. The molecule has 1 fully saturated rings. The van der Waals surface area contributed by atoms with Crippen LogP contribution in [0.4, 0.5) is 4.39 Å². The van der Waals surface area contributed by atoms with E-state index in [-0.39, 0.29) is 11.9 Å². The van der Waals surface area contributed by atoms with E-state index in [2.05, 4.69) is 40.3 Å². The number of hydrogen-bond acceptors (Lipinski definition) is 3. The second kappa shape index (κ2) is 9.85. The van der Waals surface area contributed by atoms with Crippen LogP contribution in [0.25, 0.3) is 0 Å². The van der Waals surface area contributed by atoms with Crippen LogP contribution in [0.1, 0.15) is 28.4 Å². The molecule has 2 aromatic carbocycles. The molecule has 156 valence electrons. The van der Waals surface area contributed by atoms with E-state index in [1.807, 2.05) is 37.2 Å². The number of benzene rings is 2. The predicted molar refractivity (Wildman–Crippen MR) is 115 cm³/mol. The van der Waals surface area contributed by atoms with E-state index in [1.54, 1.807) is 13.1 Å². The number of hydrogen-bond donors (Lipinski definition) is 1. The summed E-state index contributed by atoms with van der Waals surface area (Å²) in [6.45, 7) is 5.49. The van der Waals surface area contributed by atoms with Crippen LogP contribution in [0, 0.1) is 12.7 Å². The molecule has 0 aromatic heterocycles. The Labute approximate surface area is 173 Å². The van der Waals surface area contributed by atoms with Gasteiger partial charge in [0.25, 0.3) is 0 Å². The molecule has 0 spiro atoms. The quantitative estimate of drug-likeness (QED) is 0.619. The zero-order valence-electron chi connectivity index (χ0n) is 17.8. The minimum absolute atomic E-state index is 0.0287. The lowest BCUT2D eigenvalue weighted by Crippen LogP contribution is -2.48. The number of guanidine groups is 1. The predicted octanol–water partition coefficient (Wildman–Crippen LogP) is 3.34. The van der Waals surface area contributed by atoms with Gasteiger partial charge in [-0.2, -0.15) is 0 Å². The van der Waals surface area contributed by atoms with Crippen LogP contribution in [0.5, 0.6) is 0 Å². The van der Waals surface area contributed by atoms with Crippen LogP contribution in [0.3, 0.4) is 0 Å². The molecule has 2 aromatic rings. The fourth-order valence-corrected chi connectivity index (χ4v) is 3.69. The minimum atomic E-state index is -0.166. The van der Waals surface area contributed by atoms with Crippen molar-refractivity contribution in [1.29, 1.82) is 0 Å². The molecular weight excluding hydrogens is 367 g/mol. The van der Waals surface area contributed by atoms with Gasteiger partial charge in [0.05, 0.1) is 13.2 Å². The molecule has 5 nitrogen and oxygen atoms in total. The third-order valence-corrected chi connectivity index (χ3v) is 5.16. The second-order valence-corrected chi connectivity index (χ2v) is 7.73. The molecule has 0 amide bonds. The fourth-order valence-electron chi connectivity index (χ4n) is 3.69. The van der Waals surface area contributed by atoms with Gasteiger partial charge >= 0.3 is 0 Å². The number of aliphatic imine (C=N–C) groups is 1. The molecule has 1 atom stereocenters. The molecule has 1 aliphatic heterocycles. The minimum Gasteiger partial charge on any atom is -0.370 e. The maximum atomic E-state index is 14.0. The van der Waals surface area contributed by atoms with E-state index in [9.17, 15) is 4.39 Å². The lowest BCUT2D eigenvalue weighted by Gasteiger charge is -2.35. The van der Waals surface area contributed by atoms with Crippen molar-refractivity contribution in [3.05, 3.63) is 70.5 Å². The summed E-state index contributed by atoms with van der Waals surface area (Å²) in [6, 6.07) is 13.6. The first-order chi connectivity index (χ1) is 14.0. The van der Waals surface area contributed by atoms with Gasteiger partial charge < -0.3 is 19.9 Å². The van der Waals surface area contributed by atoms with Crippen LogP contribution in [-0.4, -0.2) is 56.6 Å². The Morgan fingerprint density at radius 2 is 2.07 bits per heavy atom. The van der Waals surface area contributed by atoms with Gasteiger partial charge in [0.2, 0.25) is 0 Å². The standard InChI is InChI=1S/C23H31FN4O/c1-17-7-5-6-8-20(17)22-16-28(11-12-29-22)23(25-2)26-14-18-9-10-21(24)19(13-18)15-27(3)4/h5-10,13,22H,11-12,14-16H2,1-4H3,(H,25,26). The van der Waals surface area contributed by atoms with E-state index in [1.165, 1.54) is 11.1 Å². The van der Waals surface area contributed by atoms with Crippen molar-refractivity contribution in [3.8, 4) is 0 Å². The van der Waals surface area contributed by atoms with Gasteiger partial charge in [0.1, 0.15) is 11.9 Å². The molecule has 0 radical (unpaired) electrons. The van der Waals surface area contributed by atoms with Gasteiger partial charge in [0.15, 0.2) is 5.96 Å². The van der Waals surface area contributed by atoms with Crippen LogP contribution >= 0.6 is 0 Å². The van der Waals surface area contributed by atoms with Gasteiger partial charge in [-0.25, -0.2) is 4.39 Å². The van der Waals surface area contributed by atoms with Crippen molar-refractivity contribution < 1.29 is 9.13 Å². The van der Waals surface area contributed by atoms with Crippen LogP contribution in [0.2, 0.25) is 0 Å². The maximum absolute atomic E-state index is 14.0. The highest BCUT2D eigenvalue weighted by atomic mass is 19.1. The number of nitrogens with one attached hydrogen (secondary N) is 1. The molecule has 1 unspecified atom stereocenters. The third kappa shape index (κ3) is 5.55. The Hall–Kier alpha value is -2.44. The first-order valence-electron chi connectivity index (χ1n) is 10.0. The van der Waals surface area contributed by atoms with E-state index in [0.29, 0.717) is 25.3 Å². The van der Waals surface area contributed by atoms with Crippen LogP contribution in [-0.2, 0) is 17.8 Å². The molecule has 0 aliphatic carbocycles. The molecule has 3 rings (SSSR count). The summed E-state index contributed by atoms with van der Waals surface area (Å²) in [5, 5.41) is 3.43. The first kappa shape index (κ1) is 21.3. The summed E-state index contributed by atoms with van der Waals surface area (Å²) in [5.74, 6) is 0.673. The van der Waals surface area contributed by atoms with Gasteiger partial charge in [-0.05, 0) is 49.8 Å². The number of nitrogens with zero attached hydrogens (tertiary/aromatic N) is 3. The molecule has 1 N–H and O–H groups in total. The Balaban J connectivity index is 1.65. The van der Waals surface area contributed by atoms with Gasteiger partial charge in [-0.15, -0.1) is 0 Å². The molecule has 1 heterocycles. The van der Waals surface area contributed by atoms with E-state index >= 15 is 0 Å². The summed E-state index contributed by atoms with van der Waals surface area (Å²) in [4.78, 5) is 8.65. The molecule has 29 heavy (non-hydrogen) atoms. The van der Waals surface area contributed by atoms with Crippen molar-refractivity contribution in [2.45, 2.75) is 26.1 Å². The second-order valence-electron chi connectivity index (χ2n) is 7.73. The Bertz CT molecular complexity index is 853. The Morgan fingerprint density at radius 3 is 2.79 bits per heavy atom. The largest absolute Gasteiger partial charge is 0.370 e.